The van der Waals surface area contributed by atoms with Crippen LogP contribution in [0.3, 0.4) is 0 Å². The minimum atomic E-state index is -3.56. The van der Waals surface area contributed by atoms with Crippen LogP contribution in [0.2, 0.25) is 10.0 Å². The van der Waals surface area contributed by atoms with Crippen molar-refractivity contribution in [3.63, 3.8) is 0 Å². The number of ketones is 1. The molecular formula is C23H24Cl2NO4P. The van der Waals surface area contributed by atoms with Crippen molar-refractivity contribution in [2.45, 2.75) is 13.8 Å². The number of halogens is 2. The van der Waals surface area contributed by atoms with E-state index < -0.39 is 7.75 Å². The van der Waals surface area contributed by atoms with Gasteiger partial charge >= 0.3 is 7.75 Å². The van der Waals surface area contributed by atoms with Crippen LogP contribution in [-0.4, -0.2) is 36.8 Å². The van der Waals surface area contributed by atoms with Gasteiger partial charge in [0.25, 0.3) is 0 Å². The van der Waals surface area contributed by atoms with E-state index in [1.165, 1.54) is 0 Å². The first kappa shape index (κ1) is 23.9. The van der Waals surface area contributed by atoms with Crippen molar-refractivity contribution in [3.05, 3.63) is 80.8 Å². The SMILES string of the molecule is CCOP(=O)(OCC)N1C/C(=C\c2ccc(Cl)cc2)C(=O)/C(=C/c2ccc(Cl)cc2)C1. The summed E-state index contributed by atoms with van der Waals surface area (Å²) < 4.78 is 26.1. The molecule has 3 rings (SSSR count). The number of rotatable bonds is 7. The summed E-state index contributed by atoms with van der Waals surface area (Å²) in [6.45, 7) is 4.28. The van der Waals surface area contributed by atoms with Gasteiger partial charge in [-0.1, -0.05) is 47.5 Å². The number of hydrogen-bond acceptors (Lipinski definition) is 4. The van der Waals surface area contributed by atoms with Crippen LogP contribution in [0.15, 0.2) is 59.7 Å². The van der Waals surface area contributed by atoms with Crippen LogP contribution in [0.5, 0.6) is 0 Å². The lowest BCUT2D eigenvalue weighted by Gasteiger charge is -2.34. The van der Waals surface area contributed by atoms with Crippen molar-refractivity contribution in [3.8, 4) is 0 Å². The summed E-state index contributed by atoms with van der Waals surface area (Å²) in [6, 6.07) is 14.3. The van der Waals surface area contributed by atoms with Gasteiger partial charge in [0, 0.05) is 34.3 Å². The maximum absolute atomic E-state index is 13.4. The van der Waals surface area contributed by atoms with E-state index >= 15 is 0 Å². The Balaban J connectivity index is 2.03. The van der Waals surface area contributed by atoms with Crippen LogP contribution < -0.4 is 0 Å². The van der Waals surface area contributed by atoms with E-state index in [0.29, 0.717) is 21.2 Å². The molecule has 0 unspecified atom stereocenters. The fraction of sp³-hybridized carbons (Fsp3) is 0.261. The quantitative estimate of drug-likeness (QED) is 0.333. The van der Waals surface area contributed by atoms with E-state index in [-0.39, 0.29) is 32.1 Å². The normalized spacial score (nSPS) is 18.1. The van der Waals surface area contributed by atoms with E-state index in [2.05, 4.69) is 0 Å². The molecule has 31 heavy (non-hydrogen) atoms. The van der Waals surface area contributed by atoms with E-state index in [4.69, 9.17) is 32.2 Å². The molecular weight excluding hydrogens is 456 g/mol. The number of benzene rings is 2. The third-order valence-corrected chi connectivity index (χ3v) is 7.29. The number of nitrogens with zero attached hydrogens (tertiary/aromatic N) is 1. The number of carbonyl (C=O) groups is 1. The Kier molecular flexibility index (Phi) is 8.29. The molecule has 8 heteroatoms. The predicted octanol–water partition coefficient (Wildman–Crippen LogP) is 6.53. The third kappa shape index (κ3) is 6.17. The second-order valence-electron chi connectivity index (χ2n) is 6.90. The highest BCUT2D eigenvalue weighted by molar-refractivity contribution is 7.51. The maximum atomic E-state index is 13.4. The van der Waals surface area contributed by atoms with Crippen molar-refractivity contribution < 1.29 is 18.4 Å². The molecule has 1 fully saturated rings. The van der Waals surface area contributed by atoms with Crippen molar-refractivity contribution in [1.29, 1.82) is 0 Å². The molecule has 0 bridgehead atoms. The predicted molar refractivity (Wildman–Crippen MR) is 126 cm³/mol. The molecule has 1 saturated heterocycles. The van der Waals surface area contributed by atoms with Gasteiger partial charge in [-0.15, -0.1) is 0 Å². The number of Topliss-reactive ketones (excluding diaryl/α,β-unsaturated/α-hetero) is 1. The summed E-state index contributed by atoms with van der Waals surface area (Å²) in [5, 5.41) is 1.22. The molecule has 0 aromatic heterocycles. The zero-order valence-electron chi connectivity index (χ0n) is 17.4. The van der Waals surface area contributed by atoms with Gasteiger partial charge in [0.2, 0.25) is 0 Å². The van der Waals surface area contributed by atoms with Crippen molar-refractivity contribution in [1.82, 2.24) is 4.67 Å². The monoisotopic (exact) mass is 479 g/mol. The highest BCUT2D eigenvalue weighted by Gasteiger charge is 2.39. The lowest BCUT2D eigenvalue weighted by atomic mass is 9.95. The summed E-state index contributed by atoms with van der Waals surface area (Å²) in [6.07, 6.45) is 3.56. The van der Waals surface area contributed by atoms with Gasteiger partial charge in [-0.3, -0.25) is 13.8 Å². The Morgan fingerprint density at radius 2 is 1.23 bits per heavy atom. The first-order valence-corrected chi connectivity index (χ1v) is 12.2. The Hall–Kier alpha value is -1.72. The second-order valence-corrected chi connectivity index (χ2v) is 9.79. The molecule has 1 aliphatic rings. The minimum absolute atomic E-state index is 0.110. The topological polar surface area (TPSA) is 55.8 Å². The number of hydrogen-bond donors (Lipinski definition) is 0. The molecule has 2 aromatic rings. The van der Waals surface area contributed by atoms with Gasteiger partial charge in [-0.05, 0) is 61.4 Å². The fourth-order valence-electron chi connectivity index (χ4n) is 3.24. The Labute approximate surface area is 192 Å². The highest BCUT2D eigenvalue weighted by Crippen LogP contribution is 2.53. The van der Waals surface area contributed by atoms with Crippen molar-refractivity contribution in [2.75, 3.05) is 26.3 Å². The van der Waals surface area contributed by atoms with Gasteiger partial charge in [0.1, 0.15) is 0 Å². The Morgan fingerprint density at radius 1 is 0.839 bits per heavy atom. The molecule has 5 nitrogen and oxygen atoms in total. The number of carbonyl (C=O) groups excluding carboxylic acids is 1. The largest absolute Gasteiger partial charge is 0.408 e. The second kappa shape index (κ2) is 10.7. The molecule has 2 aromatic carbocycles. The van der Waals surface area contributed by atoms with Crippen LogP contribution in [-0.2, 0) is 18.4 Å². The molecule has 1 aliphatic heterocycles. The zero-order valence-corrected chi connectivity index (χ0v) is 19.8. The number of piperidine rings is 1. The lowest BCUT2D eigenvalue weighted by molar-refractivity contribution is -0.113. The van der Waals surface area contributed by atoms with Gasteiger partial charge in [0.05, 0.1) is 13.2 Å². The van der Waals surface area contributed by atoms with Crippen LogP contribution in [0.4, 0.5) is 0 Å². The summed E-state index contributed by atoms with van der Waals surface area (Å²) in [5.41, 5.74) is 2.63. The smallest absolute Gasteiger partial charge is 0.297 e. The van der Waals surface area contributed by atoms with Crippen LogP contribution in [0.1, 0.15) is 25.0 Å². The standard InChI is InChI=1S/C23H24Cl2NO4P/c1-3-29-31(28,30-4-2)26-15-19(13-17-5-9-21(24)10-6-17)23(27)20(16-26)14-18-7-11-22(25)12-8-18/h5-14H,3-4,15-16H2,1-2H3/b19-13+,20-14+. The molecule has 0 aliphatic carbocycles. The average molecular weight is 480 g/mol. The summed E-state index contributed by atoms with van der Waals surface area (Å²) in [7, 11) is -3.56. The van der Waals surface area contributed by atoms with E-state index in [0.717, 1.165) is 11.1 Å². The maximum Gasteiger partial charge on any atom is 0.408 e. The lowest BCUT2D eigenvalue weighted by Crippen LogP contribution is -2.36. The molecule has 0 N–H and O–H groups in total. The zero-order chi connectivity index (χ0) is 22.4. The van der Waals surface area contributed by atoms with Gasteiger partial charge < -0.3 is 0 Å². The summed E-state index contributed by atoms with van der Waals surface area (Å²) in [5.74, 6) is -0.110. The Morgan fingerprint density at radius 3 is 1.58 bits per heavy atom. The van der Waals surface area contributed by atoms with Crippen molar-refractivity contribution >= 4 is 48.9 Å². The molecule has 0 atom stereocenters. The molecule has 0 amide bonds. The van der Waals surface area contributed by atoms with E-state index in [1.807, 2.05) is 24.3 Å². The first-order valence-electron chi connectivity index (χ1n) is 9.96. The van der Waals surface area contributed by atoms with E-state index in [9.17, 15) is 9.36 Å². The average Bonchev–Trinajstić information content (AvgIpc) is 2.74. The van der Waals surface area contributed by atoms with E-state index in [1.54, 1.807) is 54.9 Å². The molecule has 0 spiro atoms. The summed E-state index contributed by atoms with van der Waals surface area (Å²) >= 11 is 12.0. The Bertz CT molecular complexity index is 955. The minimum Gasteiger partial charge on any atom is -0.297 e. The van der Waals surface area contributed by atoms with Gasteiger partial charge in [-0.2, -0.15) is 4.67 Å². The van der Waals surface area contributed by atoms with Gasteiger partial charge in [-0.25, -0.2) is 4.57 Å². The fourth-order valence-corrected chi connectivity index (χ4v) is 5.20. The highest BCUT2D eigenvalue weighted by atomic mass is 35.5. The first-order chi connectivity index (χ1) is 14.8. The third-order valence-electron chi connectivity index (χ3n) is 4.64. The molecule has 1 heterocycles. The molecule has 164 valence electrons. The molecule has 0 radical (unpaired) electrons. The van der Waals surface area contributed by atoms with Crippen LogP contribution >= 0.6 is 30.9 Å². The van der Waals surface area contributed by atoms with Crippen molar-refractivity contribution in [2.24, 2.45) is 0 Å². The van der Waals surface area contributed by atoms with Crippen LogP contribution in [0.25, 0.3) is 12.2 Å². The van der Waals surface area contributed by atoms with Gasteiger partial charge in [0.15, 0.2) is 5.78 Å². The van der Waals surface area contributed by atoms with Crippen LogP contribution in [0, 0.1) is 0 Å². The summed E-state index contributed by atoms with van der Waals surface area (Å²) in [4.78, 5) is 13.3. The molecule has 0 saturated carbocycles.